The van der Waals surface area contributed by atoms with Crippen LogP contribution in [-0.2, 0) is 103 Å². The number of aryl methyl sites for hydroxylation is 5. The molecule has 4 aromatic rings. The highest BCUT2D eigenvalue weighted by molar-refractivity contribution is 7.90. The van der Waals surface area contributed by atoms with Gasteiger partial charge in [-0.05, 0) is 218 Å². The number of carbonyl (C=O) groups excluding carboxylic acids is 4. The van der Waals surface area contributed by atoms with Crippen LogP contribution in [0.25, 0.3) is 0 Å². The largest absolute Gasteiger partial charge is 0.460 e. The minimum absolute atomic E-state index is 0.0204. The summed E-state index contributed by atoms with van der Waals surface area (Å²) >= 11 is 0. The summed E-state index contributed by atoms with van der Waals surface area (Å²) < 4.78 is 60.4. The molecule has 0 saturated carbocycles. The first-order valence-electron chi connectivity index (χ1n) is 24.1. The molecule has 3 amide bonds. The predicted molar refractivity (Wildman–Crippen MR) is 269 cm³/mol. The van der Waals surface area contributed by atoms with Crippen LogP contribution in [0.2, 0.25) is 0 Å². The van der Waals surface area contributed by atoms with Crippen LogP contribution in [0.4, 0.5) is 21.0 Å². The molecule has 0 unspecified atom stereocenters. The average molecular weight is 998 g/mol. The number of hydrogen-bond donors (Lipinski definition) is 4. The molecule has 4 aliphatic carbocycles. The third kappa shape index (κ3) is 15.1. The highest BCUT2D eigenvalue weighted by atomic mass is 32.2. The fraction of sp³-hybridized carbons (Fsp3) is 0.472. The second-order valence-electron chi connectivity index (χ2n) is 20.2. The lowest BCUT2D eigenvalue weighted by Gasteiger charge is -2.19. The van der Waals surface area contributed by atoms with Crippen LogP contribution in [0.1, 0.15) is 136 Å². The van der Waals surface area contributed by atoms with E-state index in [0.29, 0.717) is 32.2 Å². The summed E-state index contributed by atoms with van der Waals surface area (Å²) in [5, 5.41) is 10.5. The number of nitrogens with two attached hydrogens (primary N) is 1. The summed E-state index contributed by atoms with van der Waals surface area (Å²) in [6.07, 6.45) is 16.2. The van der Waals surface area contributed by atoms with Crippen molar-refractivity contribution in [3.05, 3.63) is 116 Å². The van der Waals surface area contributed by atoms with Crippen LogP contribution in [0.5, 0.6) is 0 Å². The molecule has 0 atom stereocenters. The molecule has 4 aliphatic rings. The van der Waals surface area contributed by atoms with Crippen molar-refractivity contribution in [1.82, 2.24) is 10.0 Å². The Hall–Kier alpha value is -5.87. The Labute approximate surface area is 412 Å². The summed E-state index contributed by atoms with van der Waals surface area (Å²) in [4.78, 5) is 50.5. The molecule has 0 aliphatic heterocycles. The van der Waals surface area contributed by atoms with Crippen LogP contribution >= 0.6 is 0 Å². The van der Waals surface area contributed by atoms with Gasteiger partial charge in [0.2, 0.25) is 16.1 Å². The Kier molecular flexibility index (Phi) is 17.5. The topological polar surface area (TPSA) is 229 Å². The van der Waals surface area contributed by atoms with Crippen LogP contribution in [0.15, 0.2) is 75.4 Å². The van der Waals surface area contributed by atoms with Gasteiger partial charge in [0, 0.05) is 18.7 Å². The number of anilines is 1. The number of fused-ring (bicyclic) bond motifs is 4. The van der Waals surface area contributed by atoms with Crippen molar-refractivity contribution < 1.29 is 45.5 Å². The number of alkyl carbamates (subject to hydrolysis) is 1. The van der Waals surface area contributed by atoms with E-state index in [9.17, 15) is 36.0 Å². The second-order valence-corrected chi connectivity index (χ2v) is 23.4. The van der Waals surface area contributed by atoms with Gasteiger partial charge in [0.1, 0.15) is 11.2 Å². The van der Waals surface area contributed by atoms with Gasteiger partial charge in [-0.2, -0.15) is 4.99 Å². The molecule has 15 nitrogen and oxygen atoms in total. The number of esters is 1. The number of primary sulfonamides is 1. The molecule has 0 heterocycles. The first-order valence-corrected chi connectivity index (χ1v) is 27.2. The Morgan fingerprint density at radius 1 is 0.643 bits per heavy atom. The van der Waals surface area contributed by atoms with E-state index in [1.54, 1.807) is 51.1 Å². The summed E-state index contributed by atoms with van der Waals surface area (Å²) in [6, 6.07) is 16.5. The van der Waals surface area contributed by atoms with Gasteiger partial charge in [-0.1, -0.05) is 36.4 Å². The predicted octanol–water partition coefficient (Wildman–Crippen LogP) is 8.87. The van der Waals surface area contributed by atoms with Gasteiger partial charge >= 0.3 is 18.1 Å². The molecule has 8 rings (SSSR count). The van der Waals surface area contributed by atoms with Crippen molar-refractivity contribution in [2.24, 2.45) is 10.1 Å². The van der Waals surface area contributed by atoms with Crippen LogP contribution < -0.4 is 20.5 Å². The van der Waals surface area contributed by atoms with E-state index >= 15 is 0 Å². The Morgan fingerprint density at radius 3 is 1.57 bits per heavy atom. The lowest BCUT2D eigenvalue weighted by atomic mass is 9.99. The Bertz CT molecular complexity index is 2780. The van der Waals surface area contributed by atoms with Crippen LogP contribution in [0.3, 0.4) is 0 Å². The van der Waals surface area contributed by atoms with Gasteiger partial charge < -0.3 is 20.1 Å². The maximum absolute atomic E-state index is 12.8. The molecule has 0 saturated heterocycles. The number of ether oxygens (including phenoxy) is 2. The van der Waals surface area contributed by atoms with Gasteiger partial charge in [0.25, 0.3) is 10.0 Å². The van der Waals surface area contributed by atoms with Crippen molar-refractivity contribution >= 4 is 55.6 Å². The van der Waals surface area contributed by atoms with Gasteiger partial charge in [0.05, 0.1) is 15.5 Å². The zero-order valence-corrected chi connectivity index (χ0v) is 42.9. The van der Waals surface area contributed by atoms with Crippen molar-refractivity contribution in [3.63, 3.8) is 0 Å². The minimum atomic E-state index is -4.01. The van der Waals surface area contributed by atoms with E-state index in [4.69, 9.17) is 14.6 Å². The monoisotopic (exact) mass is 997 g/mol. The molecule has 0 bridgehead atoms. The number of nitrogens with one attached hydrogen (secondary N) is 3. The molecule has 0 radical (unpaired) electrons. The molecule has 0 fully saturated rings. The third-order valence-electron chi connectivity index (χ3n) is 12.4. The summed E-state index contributed by atoms with van der Waals surface area (Å²) in [5.41, 5.74) is 12.9. The van der Waals surface area contributed by atoms with E-state index in [0.717, 1.165) is 97.8 Å². The number of sulfonamides is 2. The molecule has 0 spiro atoms. The maximum atomic E-state index is 12.8. The quantitative estimate of drug-likeness (QED) is 0.0598. The number of nitrogens with zero attached hydrogens (tertiary/aromatic N) is 1. The molecule has 376 valence electrons. The number of amides is 3. The van der Waals surface area contributed by atoms with Gasteiger partial charge in [-0.15, -0.1) is 0 Å². The highest BCUT2D eigenvalue weighted by Crippen LogP contribution is 2.40. The van der Waals surface area contributed by atoms with E-state index in [2.05, 4.69) is 32.5 Å². The summed E-state index contributed by atoms with van der Waals surface area (Å²) in [6.45, 7) is 11.3. The number of isocyanates is 1. The fourth-order valence-corrected chi connectivity index (χ4v) is 10.8. The van der Waals surface area contributed by atoms with E-state index in [-0.39, 0.29) is 15.8 Å². The van der Waals surface area contributed by atoms with Crippen LogP contribution in [0, 0.1) is 0 Å². The van der Waals surface area contributed by atoms with Gasteiger partial charge in [-0.25, -0.2) is 41.1 Å². The lowest BCUT2D eigenvalue weighted by Crippen LogP contribution is -2.35. The molecule has 17 heteroatoms. The van der Waals surface area contributed by atoms with Crippen molar-refractivity contribution in [1.29, 1.82) is 0 Å². The number of carbonyl (C=O) groups is 3. The van der Waals surface area contributed by atoms with Crippen LogP contribution in [-0.4, -0.2) is 58.8 Å². The van der Waals surface area contributed by atoms with E-state index in [1.807, 2.05) is 20.8 Å². The number of rotatable bonds is 12. The number of hydrogen-bond acceptors (Lipinski definition) is 11. The SMILES string of the molecule is CC(C)(C)OC(=O)CCCc1ccc(S(=O)(=O)NC(=O)Nc2c3c(cc4c2CCC4)CCC3)cc1.CC(C)(C)OC(=O)NCCc1ccc(S(N)(=O)=O)cc1.O=C=Nc1c2c(cc3c1CCC3)CCC2. The molecule has 5 N–H and O–H groups in total. The molecular weight excluding hydrogens is 931 g/mol. The highest BCUT2D eigenvalue weighted by Gasteiger charge is 2.27. The zero-order chi connectivity index (χ0) is 50.9. The Balaban J connectivity index is 0.000000192. The molecule has 70 heavy (non-hydrogen) atoms. The van der Waals surface area contributed by atoms with Crippen molar-refractivity contribution in [2.45, 2.75) is 165 Å². The Morgan fingerprint density at radius 2 is 1.10 bits per heavy atom. The van der Waals surface area contributed by atoms with E-state index in [1.165, 1.54) is 70.5 Å². The van der Waals surface area contributed by atoms with Gasteiger partial charge in [0.15, 0.2) is 0 Å². The normalized spacial score (nSPS) is 14.5. The first-order chi connectivity index (χ1) is 33.0. The molecule has 4 aromatic carbocycles. The van der Waals surface area contributed by atoms with E-state index < -0.39 is 43.4 Å². The molecular formula is C53H67N5O10S2. The minimum Gasteiger partial charge on any atom is -0.460 e. The van der Waals surface area contributed by atoms with Gasteiger partial charge in [-0.3, -0.25) is 4.79 Å². The fourth-order valence-electron chi connectivity index (χ4n) is 9.39. The first kappa shape index (κ1) is 53.5. The number of urea groups is 1. The average Bonchev–Trinajstić information content (AvgIpc) is 4.11. The second kappa shape index (κ2) is 22.9. The molecule has 0 aromatic heterocycles. The number of benzene rings is 4. The number of aliphatic imine (C=N–C) groups is 1. The maximum Gasteiger partial charge on any atom is 0.407 e. The van der Waals surface area contributed by atoms with Crippen molar-refractivity contribution in [2.75, 3.05) is 11.9 Å². The lowest BCUT2D eigenvalue weighted by molar-refractivity contribution is -0.154. The standard InChI is InChI=1S/C27H34N2O5S.C13H20N2O4S.C13H13NO/c1-27(2,3)34-24(30)12-4-7-18-13-15-21(16-14-18)35(32,33)29-26(31)28-25-22-10-5-8-19(22)17-20-9-6-11-23(20)25;1-13(2,3)19-12(16)15-9-8-10-4-6-11(7-5-10)20(14,17)18;15-8-14-13-11-5-1-3-9(11)7-10-4-2-6-12(10)13/h13-17H,4-12H2,1-3H3,(H2,28,29,31);4-7H,8-9H2,1-3H3,(H,15,16)(H2,14,17,18);7H,1-6H2. The summed E-state index contributed by atoms with van der Waals surface area (Å²) in [7, 11) is -7.68. The third-order valence-corrected chi connectivity index (χ3v) is 14.6. The smallest absolute Gasteiger partial charge is 0.407 e. The zero-order valence-electron chi connectivity index (χ0n) is 41.2. The van der Waals surface area contributed by atoms with Crippen molar-refractivity contribution in [3.8, 4) is 0 Å². The summed E-state index contributed by atoms with van der Waals surface area (Å²) in [5.74, 6) is -0.249.